The highest BCUT2D eigenvalue weighted by Crippen LogP contribution is 2.30. The summed E-state index contributed by atoms with van der Waals surface area (Å²) in [4.78, 5) is 24.3. The second-order valence-electron chi connectivity index (χ2n) is 5.11. The van der Waals surface area contributed by atoms with Crippen molar-refractivity contribution in [2.45, 2.75) is 6.54 Å². The van der Waals surface area contributed by atoms with Crippen molar-refractivity contribution in [3.8, 4) is 5.75 Å². The minimum atomic E-state index is -0.169. The van der Waals surface area contributed by atoms with E-state index in [-0.39, 0.29) is 18.4 Å². The number of nitrogens with one attached hydrogen (secondary N) is 2. The molecule has 3 aromatic rings. The number of thiophene rings is 2. The van der Waals surface area contributed by atoms with Gasteiger partial charge in [0.15, 0.2) is 6.61 Å². The van der Waals surface area contributed by atoms with Gasteiger partial charge in [0.25, 0.3) is 11.8 Å². The van der Waals surface area contributed by atoms with E-state index in [1.807, 2.05) is 29.6 Å². The number of hydrogen-bond acceptors (Lipinski definition) is 5. The molecule has 0 aliphatic carbocycles. The van der Waals surface area contributed by atoms with Crippen LogP contribution >= 0.6 is 22.7 Å². The van der Waals surface area contributed by atoms with Gasteiger partial charge in [0, 0.05) is 15.9 Å². The van der Waals surface area contributed by atoms with Crippen molar-refractivity contribution in [2.24, 2.45) is 0 Å². The smallest absolute Gasteiger partial charge is 0.262 e. The molecule has 7 heteroatoms. The first-order chi connectivity index (χ1) is 11.2. The van der Waals surface area contributed by atoms with Crippen molar-refractivity contribution in [1.29, 1.82) is 0 Å². The Bertz CT molecular complexity index is 885. The van der Waals surface area contributed by atoms with E-state index in [1.54, 1.807) is 17.4 Å². The van der Waals surface area contributed by atoms with E-state index in [2.05, 4.69) is 10.6 Å². The summed E-state index contributed by atoms with van der Waals surface area (Å²) in [7, 11) is 0. The number of fused-ring (bicyclic) bond motifs is 2. The molecule has 4 rings (SSSR count). The second kappa shape index (κ2) is 5.68. The first-order valence-corrected chi connectivity index (χ1v) is 8.69. The summed E-state index contributed by atoms with van der Waals surface area (Å²) in [5.74, 6) is 0.395. The van der Waals surface area contributed by atoms with Crippen molar-refractivity contribution in [3.63, 3.8) is 0 Å². The largest absolute Gasteiger partial charge is 0.482 e. The third-order valence-corrected chi connectivity index (χ3v) is 5.59. The van der Waals surface area contributed by atoms with Crippen LogP contribution in [0.2, 0.25) is 0 Å². The normalized spacial score (nSPS) is 13.3. The molecular weight excluding hydrogens is 332 g/mol. The monoisotopic (exact) mass is 344 g/mol. The SMILES string of the molecule is O=C1COc2ccc(CNC(=O)c3cc4sccc4s3)cc2N1. The summed E-state index contributed by atoms with van der Waals surface area (Å²) in [6, 6.07) is 9.44. The zero-order valence-corrected chi connectivity index (χ0v) is 13.6. The summed E-state index contributed by atoms with van der Waals surface area (Å²) in [6.07, 6.45) is 0. The molecule has 0 atom stereocenters. The molecule has 0 fully saturated rings. The van der Waals surface area contributed by atoms with Crippen molar-refractivity contribution in [3.05, 3.63) is 46.2 Å². The number of anilines is 1. The van der Waals surface area contributed by atoms with E-state index < -0.39 is 0 Å². The van der Waals surface area contributed by atoms with Crippen LogP contribution in [0.5, 0.6) is 5.75 Å². The minimum Gasteiger partial charge on any atom is -0.482 e. The van der Waals surface area contributed by atoms with Crippen molar-refractivity contribution >= 4 is 49.6 Å². The zero-order valence-electron chi connectivity index (χ0n) is 11.9. The minimum absolute atomic E-state index is 0.0403. The molecule has 0 spiro atoms. The summed E-state index contributed by atoms with van der Waals surface area (Å²) in [5.41, 5.74) is 1.55. The molecule has 5 nitrogen and oxygen atoms in total. The van der Waals surface area contributed by atoms with Gasteiger partial charge in [0.2, 0.25) is 0 Å². The van der Waals surface area contributed by atoms with E-state index in [1.165, 1.54) is 11.3 Å². The Morgan fingerprint density at radius 1 is 1.26 bits per heavy atom. The molecule has 2 N–H and O–H groups in total. The highest BCUT2D eigenvalue weighted by Gasteiger charge is 2.16. The standard InChI is InChI=1S/C16H12N2O3S2/c19-15-8-21-11-2-1-9(5-10(11)18-15)7-17-16(20)14-6-13-12(23-14)3-4-22-13/h1-6H,7-8H2,(H,17,20)(H,18,19). The quantitative estimate of drug-likeness (QED) is 0.766. The van der Waals surface area contributed by atoms with Crippen LogP contribution in [0.25, 0.3) is 9.40 Å². The lowest BCUT2D eigenvalue weighted by Gasteiger charge is -2.18. The first-order valence-electron chi connectivity index (χ1n) is 7.00. The van der Waals surface area contributed by atoms with E-state index in [9.17, 15) is 9.59 Å². The molecular formula is C16H12N2O3S2. The van der Waals surface area contributed by atoms with E-state index in [0.29, 0.717) is 22.9 Å². The Kier molecular flexibility index (Phi) is 3.51. The summed E-state index contributed by atoms with van der Waals surface area (Å²) >= 11 is 3.12. The van der Waals surface area contributed by atoms with Gasteiger partial charge in [-0.15, -0.1) is 22.7 Å². The summed E-state index contributed by atoms with van der Waals surface area (Å²) in [6.45, 7) is 0.437. The van der Waals surface area contributed by atoms with E-state index >= 15 is 0 Å². The third-order valence-electron chi connectivity index (χ3n) is 3.49. The Balaban J connectivity index is 1.46. The van der Waals surface area contributed by atoms with Crippen LogP contribution in [0.15, 0.2) is 35.7 Å². The fourth-order valence-electron chi connectivity index (χ4n) is 2.39. The van der Waals surface area contributed by atoms with Gasteiger partial charge in [-0.25, -0.2) is 0 Å². The number of ether oxygens (including phenoxy) is 1. The predicted molar refractivity (Wildman–Crippen MR) is 91.4 cm³/mol. The predicted octanol–water partition coefficient (Wildman–Crippen LogP) is 3.22. The Labute approximate surface area is 139 Å². The number of carbonyl (C=O) groups excluding carboxylic acids is 2. The maximum Gasteiger partial charge on any atom is 0.262 e. The molecule has 0 unspecified atom stereocenters. The molecule has 0 saturated heterocycles. The van der Waals surface area contributed by atoms with Crippen LogP contribution in [0.1, 0.15) is 15.2 Å². The highest BCUT2D eigenvalue weighted by atomic mass is 32.1. The Morgan fingerprint density at radius 3 is 3.04 bits per heavy atom. The van der Waals surface area contributed by atoms with Crippen molar-refractivity contribution < 1.29 is 14.3 Å². The van der Waals surface area contributed by atoms with Crippen LogP contribution in [-0.2, 0) is 11.3 Å². The number of carbonyl (C=O) groups is 2. The molecule has 3 heterocycles. The summed E-state index contributed by atoms with van der Waals surface area (Å²) < 4.78 is 7.58. The van der Waals surface area contributed by atoms with Gasteiger partial charge in [-0.2, -0.15) is 0 Å². The fourth-order valence-corrected chi connectivity index (χ4v) is 4.41. The molecule has 0 radical (unpaired) electrons. The number of amides is 2. The molecule has 23 heavy (non-hydrogen) atoms. The molecule has 1 aromatic carbocycles. The molecule has 2 amide bonds. The van der Waals surface area contributed by atoms with Gasteiger partial charge < -0.3 is 15.4 Å². The molecule has 1 aliphatic heterocycles. The average Bonchev–Trinajstić information content (AvgIpc) is 3.13. The molecule has 2 aromatic heterocycles. The van der Waals surface area contributed by atoms with Crippen LogP contribution < -0.4 is 15.4 Å². The van der Waals surface area contributed by atoms with Crippen LogP contribution in [0.4, 0.5) is 5.69 Å². The molecule has 1 aliphatic rings. The van der Waals surface area contributed by atoms with Crippen molar-refractivity contribution in [2.75, 3.05) is 11.9 Å². The van der Waals surface area contributed by atoms with Crippen LogP contribution in [-0.4, -0.2) is 18.4 Å². The number of hydrogen-bond donors (Lipinski definition) is 2. The molecule has 116 valence electrons. The lowest BCUT2D eigenvalue weighted by atomic mass is 10.1. The fraction of sp³-hybridized carbons (Fsp3) is 0.125. The third kappa shape index (κ3) is 2.80. The Morgan fingerprint density at radius 2 is 2.17 bits per heavy atom. The molecule has 0 bridgehead atoms. The first kappa shape index (κ1) is 14.2. The zero-order chi connectivity index (χ0) is 15.8. The Hall–Kier alpha value is -2.38. The lowest BCUT2D eigenvalue weighted by molar-refractivity contribution is -0.118. The van der Waals surface area contributed by atoms with Crippen molar-refractivity contribution in [1.82, 2.24) is 5.32 Å². The van der Waals surface area contributed by atoms with Gasteiger partial charge in [-0.1, -0.05) is 6.07 Å². The van der Waals surface area contributed by atoms with Crippen LogP contribution in [0, 0.1) is 0 Å². The highest BCUT2D eigenvalue weighted by molar-refractivity contribution is 7.27. The topological polar surface area (TPSA) is 67.4 Å². The van der Waals surface area contributed by atoms with Crippen LogP contribution in [0.3, 0.4) is 0 Å². The average molecular weight is 344 g/mol. The number of rotatable bonds is 3. The maximum absolute atomic E-state index is 12.2. The van der Waals surface area contributed by atoms with E-state index in [4.69, 9.17) is 4.74 Å². The number of benzene rings is 1. The van der Waals surface area contributed by atoms with Gasteiger partial charge in [-0.3, -0.25) is 9.59 Å². The second-order valence-corrected chi connectivity index (χ2v) is 7.14. The van der Waals surface area contributed by atoms with Gasteiger partial charge in [0.1, 0.15) is 5.75 Å². The van der Waals surface area contributed by atoms with Gasteiger partial charge >= 0.3 is 0 Å². The van der Waals surface area contributed by atoms with E-state index in [0.717, 1.165) is 15.0 Å². The summed E-state index contributed by atoms with van der Waals surface area (Å²) in [5, 5.41) is 7.69. The lowest BCUT2D eigenvalue weighted by Crippen LogP contribution is -2.26. The van der Waals surface area contributed by atoms with Gasteiger partial charge in [-0.05, 0) is 35.2 Å². The van der Waals surface area contributed by atoms with Gasteiger partial charge in [0.05, 0.1) is 10.6 Å². The maximum atomic E-state index is 12.2. The molecule has 0 saturated carbocycles.